The average molecular weight is 298 g/mol. The summed E-state index contributed by atoms with van der Waals surface area (Å²) in [4.78, 5) is 10.1. The first-order valence-corrected chi connectivity index (χ1v) is 6.55. The van der Waals surface area contributed by atoms with Crippen LogP contribution in [0.15, 0.2) is 22.0 Å². The van der Waals surface area contributed by atoms with E-state index in [1.54, 1.807) is 11.3 Å². The SMILES string of the molecule is CNCc1cc(C)nc(-c2ccc(Br)s2)n1. The van der Waals surface area contributed by atoms with Crippen molar-refractivity contribution in [3.63, 3.8) is 0 Å². The molecule has 0 spiro atoms. The van der Waals surface area contributed by atoms with Gasteiger partial charge in [0.05, 0.1) is 14.4 Å². The Hall–Kier alpha value is -0.780. The lowest BCUT2D eigenvalue weighted by Crippen LogP contribution is -2.08. The highest BCUT2D eigenvalue weighted by Gasteiger charge is 2.06. The van der Waals surface area contributed by atoms with Gasteiger partial charge in [0.1, 0.15) is 0 Å². The molecule has 16 heavy (non-hydrogen) atoms. The van der Waals surface area contributed by atoms with E-state index in [1.165, 1.54) is 0 Å². The van der Waals surface area contributed by atoms with Crippen molar-refractivity contribution in [1.82, 2.24) is 15.3 Å². The summed E-state index contributed by atoms with van der Waals surface area (Å²) in [5.41, 5.74) is 2.02. The topological polar surface area (TPSA) is 37.8 Å². The summed E-state index contributed by atoms with van der Waals surface area (Å²) < 4.78 is 1.10. The van der Waals surface area contributed by atoms with Crippen molar-refractivity contribution < 1.29 is 0 Å². The van der Waals surface area contributed by atoms with Crippen LogP contribution in [0, 0.1) is 6.92 Å². The molecule has 0 radical (unpaired) electrons. The summed E-state index contributed by atoms with van der Waals surface area (Å²) in [7, 11) is 1.92. The standard InChI is InChI=1S/C11H12BrN3S/c1-7-5-8(6-13-2)15-11(14-7)9-3-4-10(12)16-9/h3-5,13H,6H2,1-2H3. The van der Waals surface area contributed by atoms with Gasteiger partial charge in [-0.05, 0) is 48.1 Å². The largest absolute Gasteiger partial charge is 0.314 e. The number of aryl methyl sites for hydroxylation is 1. The third-order valence-corrected chi connectivity index (χ3v) is 3.68. The van der Waals surface area contributed by atoms with E-state index in [4.69, 9.17) is 0 Å². The third kappa shape index (κ3) is 2.66. The maximum absolute atomic E-state index is 4.52. The minimum absolute atomic E-state index is 0.767. The monoisotopic (exact) mass is 297 g/mol. The predicted octanol–water partition coefficient (Wildman–Crippen LogP) is 3.00. The number of nitrogens with one attached hydrogen (secondary N) is 1. The molecule has 2 heterocycles. The van der Waals surface area contributed by atoms with Crippen LogP contribution in [0.5, 0.6) is 0 Å². The molecule has 0 aromatic carbocycles. The molecule has 0 saturated heterocycles. The summed E-state index contributed by atoms with van der Waals surface area (Å²) >= 11 is 5.10. The van der Waals surface area contributed by atoms with Crippen molar-refractivity contribution in [2.45, 2.75) is 13.5 Å². The molecule has 0 atom stereocenters. The molecule has 0 unspecified atom stereocenters. The van der Waals surface area contributed by atoms with Crippen molar-refractivity contribution in [3.8, 4) is 10.7 Å². The Balaban J connectivity index is 2.40. The molecule has 5 heteroatoms. The summed E-state index contributed by atoms with van der Waals surface area (Å²) in [6.07, 6.45) is 0. The normalized spacial score (nSPS) is 10.7. The highest BCUT2D eigenvalue weighted by Crippen LogP contribution is 2.29. The quantitative estimate of drug-likeness (QED) is 0.946. The average Bonchev–Trinajstić information content (AvgIpc) is 2.64. The molecule has 1 N–H and O–H groups in total. The highest BCUT2D eigenvalue weighted by atomic mass is 79.9. The van der Waals surface area contributed by atoms with Crippen LogP contribution in [-0.4, -0.2) is 17.0 Å². The Kier molecular flexibility index (Phi) is 3.68. The van der Waals surface area contributed by atoms with Crippen molar-refractivity contribution in [3.05, 3.63) is 33.4 Å². The number of aromatic nitrogens is 2. The van der Waals surface area contributed by atoms with Gasteiger partial charge in [-0.3, -0.25) is 0 Å². The van der Waals surface area contributed by atoms with Gasteiger partial charge in [0, 0.05) is 12.2 Å². The van der Waals surface area contributed by atoms with Crippen LogP contribution in [0.3, 0.4) is 0 Å². The van der Waals surface area contributed by atoms with Crippen LogP contribution in [-0.2, 0) is 6.54 Å². The Labute approximate surface area is 107 Å². The molecule has 0 aliphatic rings. The van der Waals surface area contributed by atoms with E-state index in [1.807, 2.05) is 32.2 Å². The lowest BCUT2D eigenvalue weighted by Gasteiger charge is -2.03. The Bertz CT molecular complexity index is 496. The molecular weight excluding hydrogens is 286 g/mol. The second kappa shape index (κ2) is 5.03. The fourth-order valence-electron chi connectivity index (χ4n) is 1.45. The van der Waals surface area contributed by atoms with Gasteiger partial charge < -0.3 is 5.32 Å². The second-order valence-electron chi connectivity index (χ2n) is 3.46. The number of nitrogens with zero attached hydrogens (tertiary/aromatic N) is 2. The summed E-state index contributed by atoms with van der Waals surface area (Å²) in [5, 5.41) is 3.10. The van der Waals surface area contributed by atoms with E-state index < -0.39 is 0 Å². The maximum atomic E-state index is 4.52. The van der Waals surface area contributed by atoms with E-state index in [9.17, 15) is 0 Å². The first-order valence-electron chi connectivity index (χ1n) is 4.94. The van der Waals surface area contributed by atoms with Gasteiger partial charge in [0.15, 0.2) is 5.82 Å². The zero-order valence-electron chi connectivity index (χ0n) is 9.12. The van der Waals surface area contributed by atoms with Gasteiger partial charge in [0.2, 0.25) is 0 Å². The lowest BCUT2D eigenvalue weighted by molar-refractivity contribution is 0.785. The van der Waals surface area contributed by atoms with Crippen LogP contribution in [0.4, 0.5) is 0 Å². The summed E-state index contributed by atoms with van der Waals surface area (Å²) in [5.74, 6) is 0.806. The molecule has 0 saturated carbocycles. The zero-order chi connectivity index (χ0) is 11.5. The fraction of sp³-hybridized carbons (Fsp3) is 0.273. The first kappa shape index (κ1) is 11.7. The number of halogens is 1. The second-order valence-corrected chi connectivity index (χ2v) is 5.92. The molecule has 84 valence electrons. The lowest BCUT2D eigenvalue weighted by atomic mass is 10.3. The number of hydrogen-bond acceptors (Lipinski definition) is 4. The van der Waals surface area contributed by atoms with Crippen LogP contribution in [0.2, 0.25) is 0 Å². The van der Waals surface area contributed by atoms with Crippen LogP contribution < -0.4 is 5.32 Å². The minimum Gasteiger partial charge on any atom is -0.314 e. The molecule has 0 amide bonds. The maximum Gasteiger partial charge on any atom is 0.169 e. The smallest absolute Gasteiger partial charge is 0.169 e. The van der Waals surface area contributed by atoms with Crippen molar-refractivity contribution in [1.29, 1.82) is 0 Å². The Morgan fingerprint density at radius 3 is 2.81 bits per heavy atom. The molecule has 0 bridgehead atoms. The molecule has 3 nitrogen and oxygen atoms in total. The van der Waals surface area contributed by atoms with E-state index in [0.717, 1.165) is 32.4 Å². The molecule has 2 aromatic rings. The molecule has 0 aliphatic carbocycles. The van der Waals surface area contributed by atoms with Crippen LogP contribution in [0.1, 0.15) is 11.4 Å². The van der Waals surface area contributed by atoms with E-state index in [-0.39, 0.29) is 0 Å². The Morgan fingerprint density at radius 1 is 1.38 bits per heavy atom. The zero-order valence-corrected chi connectivity index (χ0v) is 11.5. The van der Waals surface area contributed by atoms with E-state index in [2.05, 4.69) is 31.2 Å². The fourth-order valence-corrected chi connectivity index (χ4v) is 2.77. The van der Waals surface area contributed by atoms with Crippen molar-refractivity contribution >= 4 is 27.3 Å². The third-order valence-electron chi connectivity index (χ3n) is 2.06. The Morgan fingerprint density at radius 2 is 2.19 bits per heavy atom. The number of rotatable bonds is 3. The van der Waals surface area contributed by atoms with E-state index in [0.29, 0.717) is 0 Å². The van der Waals surface area contributed by atoms with Gasteiger partial charge in [-0.2, -0.15) is 0 Å². The van der Waals surface area contributed by atoms with E-state index >= 15 is 0 Å². The number of thiophene rings is 1. The molecule has 0 fully saturated rings. The van der Waals surface area contributed by atoms with Gasteiger partial charge in [-0.15, -0.1) is 11.3 Å². The van der Waals surface area contributed by atoms with Gasteiger partial charge in [-0.25, -0.2) is 9.97 Å². The minimum atomic E-state index is 0.767. The van der Waals surface area contributed by atoms with Gasteiger partial charge >= 0.3 is 0 Å². The first-order chi connectivity index (χ1) is 7.69. The van der Waals surface area contributed by atoms with Crippen molar-refractivity contribution in [2.75, 3.05) is 7.05 Å². The van der Waals surface area contributed by atoms with Crippen LogP contribution >= 0.6 is 27.3 Å². The van der Waals surface area contributed by atoms with Crippen molar-refractivity contribution in [2.24, 2.45) is 0 Å². The van der Waals surface area contributed by atoms with Gasteiger partial charge in [-0.1, -0.05) is 0 Å². The molecule has 2 aromatic heterocycles. The van der Waals surface area contributed by atoms with Crippen LogP contribution in [0.25, 0.3) is 10.7 Å². The summed E-state index contributed by atoms with van der Waals surface area (Å²) in [6.45, 7) is 2.76. The number of hydrogen-bond donors (Lipinski definition) is 1. The summed E-state index contributed by atoms with van der Waals surface area (Å²) in [6, 6.07) is 6.05. The highest BCUT2D eigenvalue weighted by molar-refractivity contribution is 9.11. The molecule has 0 aliphatic heterocycles. The van der Waals surface area contributed by atoms with Gasteiger partial charge in [0.25, 0.3) is 0 Å². The molecular formula is C11H12BrN3S. The predicted molar refractivity (Wildman–Crippen MR) is 70.5 cm³/mol. The molecule has 2 rings (SSSR count).